The summed E-state index contributed by atoms with van der Waals surface area (Å²) in [7, 11) is -2.14. The molecule has 1 aliphatic rings. The Morgan fingerprint density at radius 2 is 2.26 bits per heavy atom. The number of sulfonamides is 1. The lowest BCUT2D eigenvalue weighted by Gasteiger charge is -2.34. The molecule has 128 valence electrons. The van der Waals surface area contributed by atoms with Crippen LogP contribution in [-0.2, 0) is 14.8 Å². The zero-order valence-corrected chi connectivity index (χ0v) is 14.2. The summed E-state index contributed by atoms with van der Waals surface area (Å²) >= 11 is 0. The van der Waals surface area contributed by atoms with Crippen LogP contribution >= 0.6 is 0 Å². The Kier molecular flexibility index (Phi) is 6.11. The minimum Gasteiger partial charge on any atom is -0.383 e. The Bertz CT molecular complexity index is 648. The van der Waals surface area contributed by atoms with E-state index in [0.29, 0.717) is 12.1 Å². The second kappa shape index (κ2) is 7.87. The van der Waals surface area contributed by atoms with Crippen LogP contribution in [0.5, 0.6) is 0 Å². The monoisotopic (exact) mass is 341 g/mol. The molecule has 0 spiro atoms. The topological polar surface area (TPSA) is 87.7 Å². The van der Waals surface area contributed by atoms with E-state index in [0.717, 1.165) is 13.1 Å². The number of benzene rings is 1. The number of nitrogens with one attached hydrogen (secondary N) is 2. The second-order valence-corrected chi connectivity index (χ2v) is 7.24. The van der Waals surface area contributed by atoms with E-state index in [9.17, 15) is 13.2 Å². The van der Waals surface area contributed by atoms with Crippen molar-refractivity contribution in [3.05, 3.63) is 29.8 Å². The summed E-state index contributed by atoms with van der Waals surface area (Å²) in [5.41, 5.74) is 0.383. The highest BCUT2D eigenvalue weighted by Gasteiger charge is 2.25. The fourth-order valence-electron chi connectivity index (χ4n) is 2.47. The molecule has 1 saturated heterocycles. The normalized spacial score (nSPS) is 18.9. The fraction of sp³-hybridized carbons (Fsp3) is 0.533. The maximum absolute atomic E-state index is 12.6. The van der Waals surface area contributed by atoms with Gasteiger partial charge in [-0.05, 0) is 25.1 Å². The van der Waals surface area contributed by atoms with E-state index in [-0.39, 0.29) is 30.0 Å². The van der Waals surface area contributed by atoms with Crippen molar-refractivity contribution in [3.63, 3.8) is 0 Å². The lowest BCUT2D eigenvalue weighted by molar-refractivity contribution is 0.0655. The van der Waals surface area contributed by atoms with E-state index in [1.807, 2.05) is 6.92 Å². The molecule has 0 aliphatic carbocycles. The van der Waals surface area contributed by atoms with Crippen molar-refractivity contribution in [1.82, 2.24) is 14.9 Å². The van der Waals surface area contributed by atoms with Gasteiger partial charge in [0.15, 0.2) is 0 Å². The first-order valence-corrected chi connectivity index (χ1v) is 9.04. The van der Waals surface area contributed by atoms with Crippen molar-refractivity contribution in [2.75, 3.05) is 39.9 Å². The highest BCUT2D eigenvalue weighted by atomic mass is 32.2. The maximum atomic E-state index is 12.6. The number of hydrogen-bond donors (Lipinski definition) is 2. The second-order valence-electron chi connectivity index (χ2n) is 5.47. The molecule has 2 rings (SSSR count). The molecule has 2 N–H and O–H groups in total. The zero-order valence-electron chi connectivity index (χ0n) is 13.4. The van der Waals surface area contributed by atoms with Gasteiger partial charge in [-0.2, -0.15) is 0 Å². The molecule has 0 unspecified atom stereocenters. The molecular weight excluding hydrogens is 318 g/mol. The van der Waals surface area contributed by atoms with Crippen LogP contribution in [0.25, 0.3) is 0 Å². The minimum atomic E-state index is -3.65. The molecule has 1 amide bonds. The van der Waals surface area contributed by atoms with Crippen molar-refractivity contribution in [2.24, 2.45) is 0 Å². The highest BCUT2D eigenvalue weighted by molar-refractivity contribution is 7.89. The number of piperazine rings is 1. The van der Waals surface area contributed by atoms with Crippen LogP contribution in [0.2, 0.25) is 0 Å². The largest absolute Gasteiger partial charge is 0.383 e. The first-order chi connectivity index (χ1) is 11.0. The fourth-order valence-corrected chi connectivity index (χ4v) is 3.52. The molecule has 1 aromatic rings. The van der Waals surface area contributed by atoms with Crippen LogP contribution in [0.15, 0.2) is 29.2 Å². The molecule has 1 fully saturated rings. The molecule has 1 aliphatic heterocycles. The maximum Gasteiger partial charge on any atom is 0.254 e. The quantitative estimate of drug-likeness (QED) is 0.714. The molecule has 0 bridgehead atoms. The zero-order chi connectivity index (χ0) is 16.9. The van der Waals surface area contributed by atoms with Gasteiger partial charge >= 0.3 is 0 Å². The van der Waals surface area contributed by atoms with Gasteiger partial charge < -0.3 is 15.0 Å². The van der Waals surface area contributed by atoms with E-state index in [4.69, 9.17) is 4.74 Å². The summed E-state index contributed by atoms with van der Waals surface area (Å²) in [6.07, 6.45) is 0. The minimum absolute atomic E-state index is 0.0799. The standard InChI is InChI=1S/C15H23N3O4S/c1-12-11-16-6-8-18(12)15(19)13-4-3-5-14(10-13)23(20,21)17-7-9-22-2/h3-5,10,12,16-17H,6-9,11H2,1-2H3/t12-/m0/s1. The molecule has 23 heavy (non-hydrogen) atoms. The molecule has 1 atom stereocenters. The van der Waals surface area contributed by atoms with Crippen LogP contribution in [0.4, 0.5) is 0 Å². The number of methoxy groups -OCH3 is 1. The lowest BCUT2D eigenvalue weighted by Crippen LogP contribution is -2.52. The van der Waals surface area contributed by atoms with Gasteiger partial charge in [0, 0.05) is 44.9 Å². The Hall–Kier alpha value is -1.48. The molecule has 0 saturated carbocycles. The third-order valence-electron chi connectivity index (χ3n) is 3.75. The van der Waals surface area contributed by atoms with Crippen molar-refractivity contribution in [3.8, 4) is 0 Å². The van der Waals surface area contributed by atoms with E-state index in [2.05, 4.69) is 10.0 Å². The van der Waals surface area contributed by atoms with Crippen molar-refractivity contribution in [1.29, 1.82) is 0 Å². The van der Waals surface area contributed by atoms with Crippen LogP contribution in [0.3, 0.4) is 0 Å². The number of carbonyl (C=O) groups is 1. The van der Waals surface area contributed by atoms with Crippen LogP contribution < -0.4 is 10.0 Å². The van der Waals surface area contributed by atoms with Gasteiger partial charge in [0.2, 0.25) is 10.0 Å². The highest BCUT2D eigenvalue weighted by Crippen LogP contribution is 2.15. The molecule has 1 aromatic carbocycles. The molecular formula is C15H23N3O4S. The van der Waals surface area contributed by atoms with Gasteiger partial charge in [0.05, 0.1) is 11.5 Å². The predicted octanol–water partition coefficient (Wildman–Crippen LogP) is 0.0452. The Morgan fingerprint density at radius 1 is 1.48 bits per heavy atom. The van der Waals surface area contributed by atoms with Gasteiger partial charge in [0.1, 0.15) is 0 Å². The van der Waals surface area contributed by atoms with Crippen molar-refractivity contribution < 1.29 is 17.9 Å². The molecule has 0 aromatic heterocycles. The van der Waals surface area contributed by atoms with E-state index >= 15 is 0 Å². The molecule has 1 heterocycles. The average molecular weight is 341 g/mol. The lowest BCUT2D eigenvalue weighted by atomic mass is 10.1. The van der Waals surface area contributed by atoms with Crippen molar-refractivity contribution in [2.45, 2.75) is 17.9 Å². The first kappa shape index (κ1) is 17.9. The summed E-state index contributed by atoms with van der Waals surface area (Å²) in [6, 6.07) is 6.21. The number of rotatable bonds is 6. The van der Waals surface area contributed by atoms with Crippen LogP contribution in [-0.4, -0.2) is 65.2 Å². The number of hydrogen-bond acceptors (Lipinski definition) is 5. The van der Waals surface area contributed by atoms with Gasteiger partial charge in [-0.3, -0.25) is 4.79 Å². The smallest absolute Gasteiger partial charge is 0.254 e. The van der Waals surface area contributed by atoms with Crippen LogP contribution in [0.1, 0.15) is 17.3 Å². The number of nitrogens with zero attached hydrogens (tertiary/aromatic N) is 1. The van der Waals surface area contributed by atoms with E-state index in [1.165, 1.54) is 19.2 Å². The van der Waals surface area contributed by atoms with Crippen LogP contribution in [0, 0.1) is 0 Å². The SMILES string of the molecule is COCCNS(=O)(=O)c1cccc(C(=O)N2CCNC[C@@H]2C)c1. The third-order valence-corrected chi connectivity index (χ3v) is 5.21. The van der Waals surface area contributed by atoms with E-state index < -0.39 is 10.0 Å². The Labute approximate surface area is 137 Å². The number of amides is 1. The van der Waals surface area contributed by atoms with E-state index in [1.54, 1.807) is 17.0 Å². The third kappa shape index (κ3) is 4.51. The average Bonchev–Trinajstić information content (AvgIpc) is 2.55. The summed E-state index contributed by atoms with van der Waals surface area (Å²) < 4.78 is 31.7. The number of ether oxygens (including phenoxy) is 1. The first-order valence-electron chi connectivity index (χ1n) is 7.56. The van der Waals surface area contributed by atoms with Gasteiger partial charge in [-0.1, -0.05) is 6.07 Å². The van der Waals surface area contributed by atoms with Gasteiger partial charge in [-0.25, -0.2) is 13.1 Å². The Balaban J connectivity index is 2.17. The molecule has 8 heteroatoms. The molecule has 7 nitrogen and oxygen atoms in total. The summed E-state index contributed by atoms with van der Waals surface area (Å²) in [4.78, 5) is 14.5. The summed E-state index contributed by atoms with van der Waals surface area (Å²) in [5.74, 6) is -0.145. The van der Waals surface area contributed by atoms with Crippen molar-refractivity contribution >= 4 is 15.9 Å². The number of carbonyl (C=O) groups excluding carboxylic acids is 1. The summed E-state index contributed by atoms with van der Waals surface area (Å²) in [5, 5.41) is 3.22. The van der Waals surface area contributed by atoms with Gasteiger partial charge in [-0.15, -0.1) is 0 Å². The summed E-state index contributed by atoms with van der Waals surface area (Å²) in [6.45, 7) is 4.54. The molecule has 0 radical (unpaired) electrons. The van der Waals surface area contributed by atoms with Gasteiger partial charge in [0.25, 0.3) is 5.91 Å². The Morgan fingerprint density at radius 3 is 2.96 bits per heavy atom. The predicted molar refractivity (Wildman–Crippen MR) is 86.9 cm³/mol.